The first-order valence-corrected chi connectivity index (χ1v) is 10.8. The summed E-state index contributed by atoms with van der Waals surface area (Å²) < 4.78 is 37.3. The van der Waals surface area contributed by atoms with Crippen LogP contribution in [0, 0.1) is 13.8 Å². The fourth-order valence-corrected chi connectivity index (χ4v) is 3.66. The van der Waals surface area contributed by atoms with Gasteiger partial charge in [-0.25, -0.2) is 13.1 Å². The molecule has 30 heavy (non-hydrogen) atoms. The Morgan fingerprint density at radius 3 is 2.43 bits per heavy atom. The molecule has 0 aliphatic heterocycles. The molecule has 0 fully saturated rings. The molecule has 0 unspecified atom stereocenters. The Bertz CT molecular complexity index is 1020. The van der Waals surface area contributed by atoms with E-state index < -0.39 is 28.0 Å². The van der Waals surface area contributed by atoms with Crippen molar-refractivity contribution in [3.63, 3.8) is 0 Å². The van der Waals surface area contributed by atoms with Crippen molar-refractivity contribution in [2.24, 2.45) is 0 Å². The van der Waals surface area contributed by atoms with E-state index in [1.54, 1.807) is 36.4 Å². The summed E-state index contributed by atoms with van der Waals surface area (Å²) >= 11 is 0. The van der Waals surface area contributed by atoms with E-state index in [0.717, 1.165) is 11.1 Å². The summed E-state index contributed by atoms with van der Waals surface area (Å²) in [4.78, 5) is 24.4. The number of rotatable bonds is 9. The number of hydrogen-bond donors (Lipinski definition) is 2. The van der Waals surface area contributed by atoms with Gasteiger partial charge in [-0.05, 0) is 56.2 Å². The number of aryl methyl sites for hydroxylation is 2. The number of ether oxygens (including phenoxy) is 2. The van der Waals surface area contributed by atoms with Gasteiger partial charge in [0.05, 0.1) is 24.1 Å². The number of anilines is 1. The van der Waals surface area contributed by atoms with E-state index in [1.807, 2.05) is 13.8 Å². The molecule has 2 rings (SSSR count). The molecule has 9 heteroatoms. The highest BCUT2D eigenvalue weighted by atomic mass is 32.2. The summed E-state index contributed by atoms with van der Waals surface area (Å²) in [6.45, 7) is 5.00. The number of hydrogen-bond acceptors (Lipinski definition) is 6. The zero-order valence-electron chi connectivity index (χ0n) is 17.4. The van der Waals surface area contributed by atoms with E-state index in [0.29, 0.717) is 11.4 Å². The monoisotopic (exact) mass is 434 g/mol. The lowest BCUT2D eigenvalue weighted by Gasteiger charge is -2.15. The van der Waals surface area contributed by atoms with Gasteiger partial charge < -0.3 is 14.8 Å². The maximum Gasteiger partial charge on any atom is 0.307 e. The second kappa shape index (κ2) is 10.2. The van der Waals surface area contributed by atoms with Gasteiger partial charge in [0.2, 0.25) is 10.0 Å². The van der Waals surface area contributed by atoms with Gasteiger partial charge in [-0.1, -0.05) is 18.2 Å². The highest BCUT2D eigenvalue weighted by molar-refractivity contribution is 7.89. The van der Waals surface area contributed by atoms with Gasteiger partial charge in [-0.15, -0.1) is 0 Å². The number of nitrogens with one attached hydrogen (secondary N) is 2. The van der Waals surface area contributed by atoms with Crippen LogP contribution >= 0.6 is 0 Å². The highest BCUT2D eigenvalue weighted by Crippen LogP contribution is 2.23. The number of amides is 1. The van der Waals surface area contributed by atoms with Crippen LogP contribution in [0.15, 0.2) is 47.4 Å². The topological polar surface area (TPSA) is 111 Å². The molecule has 0 saturated carbocycles. The SMILES string of the molecule is COc1ccccc1NC(=O)[C@@H](C)OC(=O)CCNS(=O)(=O)c1ccc(C)c(C)c1. The maximum atomic E-state index is 12.3. The van der Waals surface area contributed by atoms with Crippen molar-refractivity contribution in [2.45, 2.75) is 38.2 Å². The Morgan fingerprint density at radius 2 is 1.77 bits per heavy atom. The summed E-state index contributed by atoms with van der Waals surface area (Å²) in [6, 6.07) is 11.6. The fraction of sp³-hybridized carbons (Fsp3) is 0.333. The van der Waals surface area contributed by atoms with Gasteiger partial charge in [0.25, 0.3) is 5.91 Å². The second-order valence-corrected chi connectivity index (χ2v) is 8.48. The van der Waals surface area contributed by atoms with Crippen LogP contribution in [0.3, 0.4) is 0 Å². The Balaban J connectivity index is 1.84. The second-order valence-electron chi connectivity index (χ2n) is 6.72. The molecule has 8 nitrogen and oxygen atoms in total. The summed E-state index contributed by atoms with van der Waals surface area (Å²) in [6.07, 6.45) is -1.27. The molecule has 0 aromatic heterocycles. The van der Waals surface area contributed by atoms with Crippen molar-refractivity contribution in [2.75, 3.05) is 19.0 Å². The molecule has 0 aliphatic rings. The lowest BCUT2D eigenvalue weighted by Crippen LogP contribution is -2.32. The number of carbonyl (C=O) groups excluding carboxylic acids is 2. The van der Waals surface area contributed by atoms with E-state index in [4.69, 9.17) is 9.47 Å². The van der Waals surface area contributed by atoms with Crippen LogP contribution in [0.25, 0.3) is 0 Å². The van der Waals surface area contributed by atoms with Gasteiger partial charge in [0.15, 0.2) is 6.10 Å². The van der Waals surface area contributed by atoms with Crippen LogP contribution in [0.4, 0.5) is 5.69 Å². The quantitative estimate of drug-likeness (QED) is 0.587. The normalized spacial score (nSPS) is 12.1. The lowest BCUT2D eigenvalue weighted by atomic mass is 10.1. The highest BCUT2D eigenvalue weighted by Gasteiger charge is 2.20. The molecule has 1 amide bonds. The van der Waals surface area contributed by atoms with Crippen LogP contribution in [-0.4, -0.2) is 40.1 Å². The summed E-state index contributed by atoms with van der Waals surface area (Å²) in [5, 5.41) is 2.63. The average molecular weight is 435 g/mol. The zero-order valence-corrected chi connectivity index (χ0v) is 18.2. The van der Waals surface area contributed by atoms with Crippen LogP contribution in [0.2, 0.25) is 0 Å². The van der Waals surface area contributed by atoms with Gasteiger partial charge in [-0.2, -0.15) is 0 Å². The molecule has 1 atom stereocenters. The Kier molecular flexibility index (Phi) is 7.96. The largest absolute Gasteiger partial charge is 0.495 e. The lowest BCUT2D eigenvalue weighted by molar-refractivity contribution is -0.152. The molecular weight excluding hydrogens is 408 g/mol. The van der Waals surface area contributed by atoms with Crippen molar-refractivity contribution in [3.05, 3.63) is 53.6 Å². The van der Waals surface area contributed by atoms with Crippen molar-refractivity contribution < 1.29 is 27.5 Å². The Hall–Kier alpha value is -2.91. The third-order valence-electron chi connectivity index (χ3n) is 4.45. The third kappa shape index (κ3) is 6.30. The summed E-state index contributed by atoms with van der Waals surface area (Å²) in [7, 11) is -2.26. The zero-order chi connectivity index (χ0) is 22.3. The van der Waals surface area contributed by atoms with Gasteiger partial charge in [0.1, 0.15) is 5.75 Å². The number of sulfonamides is 1. The number of methoxy groups -OCH3 is 1. The third-order valence-corrected chi connectivity index (χ3v) is 5.91. The fourth-order valence-electron chi connectivity index (χ4n) is 2.54. The minimum Gasteiger partial charge on any atom is -0.495 e. The molecule has 0 bridgehead atoms. The summed E-state index contributed by atoms with van der Waals surface area (Å²) in [5.74, 6) is -0.742. The Labute approximate surface area is 176 Å². The number of esters is 1. The maximum absolute atomic E-state index is 12.3. The smallest absolute Gasteiger partial charge is 0.307 e. The van der Waals surface area contributed by atoms with E-state index in [-0.39, 0.29) is 17.9 Å². The first-order chi connectivity index (χ1) is 14.1. The molecule has 0 saturated heterocycles. The van der Waals surface area contributed by atoms with Crippen LogP contribution in [0.5, 0.6) is 5.75 Å². The molecule has 0 aliphatic carbocycles. The summed E-state index contributed by atoms with van der Waals surface area (Å²) in [5.41, 5.74) is 2.29. The van der Waals surface area contributed by atoms with Crippen molar-refractivity contribution in [1.82, 2.24) is 4.72 Å². The predicted octanol–water partition coefficient (Wildman–Crippen LogP) is 2.55. The van der Waals surface area contributed by atoms with Crippen molar-refractivity contribution in [1.29, 1.82) is 0 Å². The van der Waals surface area contributed by atoms with Gasteiger partial charge >= 0.3 is 5.97 Å². The van der Waals surface area contributed by atoms with Crippen molar-refractivity contribution in [3.8, 4) is 5.75 Å². The number of benzene rings is 2. The Morgan fingerprint density at radius 1 is 1.07 bits per heavy atom. The van der Waals surface area contributed by atoms with Crippen molar-refractivity contribution >= 4 is 27.6 Å². The number of para-hydroxylation sites is 2. The average Bonchev–Trinajstić information content (AvgIpc) is 2.70. The molecule has 0 spiro atoms. The predicted molar refractivity (Wildman–Crippen MR) is 113 cm³/mol. The van der Waals surface area contributed by atoms with E-state index >= 15 is 0 Å². The van der Waals surface area contributed by atoms with Gasteiger partial charge in [-0.3, -0.25) is 9.59 Å². The van der Waals surface area contributed by atoms with E-state index in [2.05, 4.69) is 10.0 Å². The van der Waals surface area contributed by atoms with Gasteiger partial charge in [0, 0.05) is 6.54 Å². The molecule has 162 valence electrons. The van der Waals surface area contributed by atoms with Crippen LogP contribution in [0.1, 0.15) is 24.5 Å². The molecular formula is C21H26N2O6S. The molecule has 2 aromatic rings. The van der Waals surface area contributed by atoms with E-state index in [9.17, 15) is 18.0 Å². The van der Waals surface area contributed by atoms with Crippen LogP contribution in [-0.2, 0) is 24.3 Å². The minimum absolute atomic E-state index is 0.128. The minimum atomic E-state index is -3.74. The van der Waals surface area contributed by atoms with Crippen LogP contribution < -0.4 is 14.8 Å². The molecule has 2 N–H and O–H groups in total. The first-order valence-electron chi connectivity index (χ1n) is 9.34. The first kappa shape index (κ1) is 23.4. The molecule has 2 aromatic carbocycles. The molecule has 0 heterocycles. The standard InChI is InChI=1S/C21H26N2O6S/c1-14-9-10-17(13-15(14)2)30(26,27)22-12-11-20(24)29-16(3)21(25)23-18-7-5-6-8-19(18)28-4/h5-10,13,16,22H,11-12H2,1-4H3,(H,23,25)/t16-/m1/s1. The number of carbonyl (C=O) groups is 2. The van der Waals surface area contributed by atoms with E-state index in [1.165, 1.54) is 20.1 Å². The molecule has 0 radical (unpaired) electrons.